The second kappa shape index (κ2) is 10.8. The van der Waals surface area contributed by atoms with E-state index >= 15 is 0 Å². The van der Waals surface area contributed by atoms with E-state index < -0.39 is 24.6 Å². The number of Topliss-reactive ketones (excluding diaryl/α,β-unsaturated/α-hetero) is 1. The average molecular weight is 445 g/mol. The lowest BCUT2D eigenvalue weighted by Crippen LogP contribution is -2.30. The standard InChI is InChI=1S/C24H25F2NO5/c1-15(23(30)27-19-8-4-5-9-21(19)32-24(25)26)31-22(29)13-12-20(28)18-11-10-16-6-2-3-7-17(16)14-18/h4-5,8-11,14-15,24H,2-3,6-7,12-13H2,1H3,(H,27,30). The number of ketones is 1. The molecule has 0 aromatic heterocycles. The second-order valence-electron chi connectivity index (χ2n) is 7.61. The minimum atomic E-state index is -3.05. The number of hydrogen-bond acceptors (Lipinski definition) is 5. The Balaban J connectivity index is 1.49. The number of carbonyl (C=O) groups is 3. The third-order valence-corrected chi connectivity index (χ3v) is 5.27. The number of esters is 1. The first-order valence-corrected chi connectivity index (χ1v) is 10.5. The average Bonchev–Trinajstić information content (AvgIpc) is 2.78. The van der Waals surface area contributed by atoms with Gasteiger partial charge in [0.2, 0.25) is 0 Å². The lowest BCUT2D eigenvalue weighted by Gasteiger charge is -2.16. The zero-order chi connectivity index (χ0) is 23.1. The van der Waals surface area contributed by atoms with E-state index in [2.05, 4.69) is 10.1 Å². The molecule has 1 unspecified atom stereocenters. The van der Waals surface area contributed by atoms with Gasteiger partial charge in [-0.15, -0.1) is 0 Å². The van der Waals surface area contributed by atoms with Crippen molar-refractivity contribution < 1.29 is 32.6 Å². The molecule has 0 radical (unpaired) electrons. The highest BCUT2D eigenvalue weighted by atomic mass is 19.3. The van der Waals surface area contributed by atoms with Gasteiger partial charge in [0.15, 0.2) is 11.9 Å². The van der Waals surface area contributed by atoms with Crippen molar-refractivity contribution in [2.75, 3.05) is 5.32 Å². The molecule has 1 atom stereocenters. The van der Waals surface area contributed by atoms with E-state index in [4.69, 9.17) is 4.74 Å². The molecule has 1 amide bonds. The number of nitrogens with one attached hydrogen (secondary N) is 1. The number of amides is 1. The van der Waals surface area contributed by atoms with Gasteiger partial charge >= 0.3 is 12.6 Å². The van der Waals surface area contributed by atoms with Gasteiger partial charge in [0, 0.05) is 12.0 Å². The van der Waals surface area contributed by atoms with E-state index in [1.165, 1.54) is 42.3 Å². The molecule has 3 rings (SSSR count). The highest BCUT2D eigenvalue weighted by molar-refractivity contribution is 5.98. The number of fused-ring (bicyclic) bond motifs is 1. The molecule has 0 spiro atoms. The van der Waals surface area contributed by atoms with Gasteiger partial charge in [-0.3, -0.25) is 14.4 Å². The van der Waals surface area contributed by atoms with Crippen LogP contribution in [0.1, 0.15) is 54.1 Å². The molecule has 0 fully saturated rings. The Kier molecular flexibility index (Phi) is 7.92. The van der Waals surface area contributed by atoms with E-state index in [-0.39, 0.29) is 30.1 Å². The Labute approximate surface area is 184 Å². The van der Waals surface area contributed by atoms with Gasteiger partial charge in [0.1, 0.15) is 5.75 Å². The molecule has 0 saturated carbocycles. The van der Waals surface area contributed by atoms with E-state index in [1.807, 2.05) is 12.1 Å². The predicted molar refractivity (Wildman–Crippen MR) is 114 cm³/mol. The van der Waals surface area contributed by atoms with Gasteiger partial charge in [-0.05, 0) is 61.9 Å². The zero-order valence-electron chi connectivity index (χ0n) is 17.7. The van der Waals surface area contributed by atoms with Crippen LogP contribution in [-0.2, 0) is 27.2 Å². The monoisotopic (exact) mass is 445 g/mol. The fraction of sp³-hybridized carbons (Fsp3) is 0.375. The van der Waals surface area contributed by atoms with E-state index in [1.54, 1.807) is 6.07 Å². The van der Waals surface area contributed by atoms with Crippen LogP contribution in [0.5, 0.6) is 5.75 Å². The Hall–Kier alpha value is -3.29. The molecule has 0 aliphatic heterocycles. The Morgan fingerprint density at radius 2 is 1.72 bits per heavy atom. The smallest absolute Gasteiger partial charge is 0.387 e. The first kappa shape index (κ1) is 23.4. The van der Waals surface area contributed by atoms with Crippen molar-refractivity contribution >= 4 is 23.3 Å². The van der Waals surface area contributed by atoms with Gasteiger partial charge in [-0.25, -0.2) is 0 Å². The lowest BCUT2D eigenvalue weighted by atomic mass is 9.89. The van der Waals surface area contributed by atoms with Crippen molar-refractivity contribution in [1.29, 1.82) is 0 Å². The molecule has 2 aromatic rings. The molecule has 1 aliphatic rings. The third-order valence-electron chi connectivity index (χ3n) is 5.27. The van der Waals surface area contributed by atoms with Crippen LogP contribution in [0.2, 0.25) is 0 Å². The van der Waals surface area contributed by atoms with Gasteiger partial charge < -0.3 is 14.8 Å². The minimum absolute atomic E-state index is 0.0307. The van der Waals surface area contributed by atoms with Crippen LogP contribution in [0.3, 0.4) is 0 Å². The minimum Gasteiger partial charge on any atom is -0.453 e. The summed E-state index contributed by atoms with van der Waals surface area (Å²) in [6.07, 6.45) is 2.86. The summed E-state index contributed by atoms with van der Waals surface area (Å²) in [5.74, 6) is -1.77. The maximum atomic E-state index is 12.5. The summed E-state index contributed by atoms with van der Waals surface area (Å²) in [6.45, 7) is -1.69. The molecule has 6 nitrogen and oxygen atoms in total. The number of halogens is 2. The number of rotatable bonds is 9. The Morgan fingerprint density at radius 3 is 2.47 bits per heavy atom. The number of ether oxygens (including phenoxy) is 2. The van der Waals surface area contributed by atoms with Gasteiger partial charge in [-0.2, -0.15) is 8.78 Å². The number of anilines is 1. The number of benzene rings is 2. The van der Waals surface area contributed by atoms with Gasteiger partial charge in [-0.1, -0.05) is 24.3 Å². The van der Waals surface area contributed by atoms with Crippen molar-refractivity contribution in [1.82, 2.24) is 0 Å². The maximum absolute atomic E-state index is 12.5. The molecule has 32 heavy (non-hydrogen) atoms. The quantitative estimate of drug-likeness (QED) is 0.447. The second-order valence-corrected chi connectivity index (χ2v) is 7.61. The Morgan fingerprint density at radius 1 is 1.00 bits per heavy atom. The summed E-state index contributed by atoms with van der Waals surface area (Å²) in [6, 6.07) is 11.4. The molecule has 1 aliphatic carbocycles. The largest absolute Gasteiger partial charge is 0.453 e. The zero-order valence-corrected chi connectivity index (χ0v) is 17.7. The number of aryl methyl sites for hydroxylation is 2. The lowest BCUT2D eigenvalue weighted by molar-refractivity contribution is -0.153. The van der Waals surface area contributed by atoms with Crippen molar-refractivity contribution in [3.63, 3.8) is 0 Å². The first-order chi connectivity index (χ1) is 15.3. The summed E-state index contributed by atoms with van der Waals surface area (Å²) in [5.41, 5.74) is 3.06. The number of carbonyl (C=O) groups excluding carboxylic acids is 3. The molecule has 170 valence electrons. The van der Waals surface area contributed by atoms with Crippen LogP contribution < -0.4 is 10.1 Å². The first-order valence-electron chi connectivity index (χ1n) is 10.5. The fourth-order valence-electron chi connectivity index (χ4n) is 3.58. The van der Waals surface area contributed by atoms with Crippen LogP contribution >= 0.6 is 0 Å². The van der Waals surface area contributed by atoms with Crippen molar-refractivity contribution in [3.05, 3.63) is 59.2 Å². The normalized spacial score (nSPS) is 13.8. The van der Waals surface area contributed by atoms with Crippen molar-refractivity contribution in [2.24, 2.45) is 0 Å². The summed E-state index contributed by atoms with van der Waals surface area (Å²) in [7, 11) is 0. The SMILES string of the molecule is CC(OC(=O)CCC(=O)c1ccc2c(c1)CCCC2)C(=O)Nc1ccccc1OC(F)F. The van der Waals surface area contributed by atoms with Gasteiger partial charge in [0.25, 0.3) is 5.91 Å². The molecular weight excluding hydrogens is 420 g/mol. The molecular formula is C24H25F2NO5. The number of para-hydroxylation sites is 2. The summed E-state index contributed by atoms with van der Waals surface area (Å²) in [4.78, 5) is 36.9. The van der Waals surface area contributed by atoms with Gasteiger partial charge in [0.05, 0.1) is 12.1 Å². The van der Waals surface area contributed by atoms with Crippen molar-refractivity contribution in [3.8, 4) is 5.75 Å². The highest BCUT2D eigenvalue weighted by Gasteiger charge is 2.21. The molecule has 0 bridgehead atoms. The molecule has 0 heterocycles. The van der Waals surface area contributed by atoms with Crippen LogP contribution in [0.15, 0.2) is 42.5 Å². The molecule has 1 N–H and O–H groups in total. The maximum Gasteiger partial charge on any atom is 0.387 e. The number of hydrogen-bond donors (Lipinski definition) is 1. The third kappa shape index (κ3) is 6.35. The topological polar surface area (TPSA) is 81.7 Å². The highest BCUT2D eigenvalue weighted by Crippen LogP contribution is 2.26. The molecule has 2 aromatic carbocycles. The van der Waals surface area contributed by atoms with Crippen LogP contribution in [0.4, 0.5) is 14.5 Å². The summed E-state index contributed by atoms with van der Waals surface area (Å²) < 4.78 is 34.4. The van der Waals surface area contributed by atoms with Crippen LogP contribution in [0.25, 0.3) is 0 Å². The van der Waals surface area contributed by atoms with Crippen LogP contribution in [0, 0.1) is 0 Å². The fourth-order valence-corrected chi connectivity index (χ4v) is 3.58. The van der Waals surface area contributed by atoms with E-state index in [9.17, 15) is 23.2 Å². The summed E-state index contributed by atoms with van der Waals surface area (Å²) >= 11 is 0. The molecule has 8 heteroatoms. The van der Waals surface area contributed by atoms with E-state index in [0.29, 0.717) is 5.56 Å². The van der Waals surface area contributed by atoms with Crippen LogP contribution in [-0.4, -0.2) is 30.4 Å². The van der Waals surface area contributed by atoms with Crippen molar-refractivity contribution in [2.45, 2.75) is 58.2 Å². The number of alkyl halides is 2. The molecule has 0 saturated heterocycles. The van der Waals surface area contributed by atoms with E-state index in [0.717, 1.165) is 25.7 Å². The summed E-state index contributed by atoms with van der Waals surface area (Å²) in [5, 5.41) is 2.40. The Bertz CT molecular complexity index is 992. The predicted octanol–water partition coefficient (Wildman–Crippen LogP) is 4.70.